The summed E-state index contributed by atoms with van der Waals surface area (Å²) in [6.07, 6.45) is 10.4. The number of nitrogens with two attached hydrogens (primary N) is 1. The molecule has 2 atom stereocenters. The number of ether oxygens (including phenoxy) is 1. The molecule has 0 amide bonds. The van der Waals surface area contributed by atoms with E-state index in [4.69, 9.17) is 10.5 Å². The van der Waals surface area contributed by atoms with E-state index in [9.17, 15) is 0 Å². The predicted octanol–water partition coefficient (Wildman–Crippen LogP) is 5.41. The summed E-state index contributed by atoms with van der Waals surface area (Å²) in [5.41, 5.74) is 13.4. The SMILES string of the molecule is C=C(NC)C(=C)C(=C)/C(N)=C\N(C)c1ccccc1-c1ccc2c(c1)C1C=CC=CC1O2. The Hall–Kier alpha value is -3.92. The monoisotopic (exact) mass is 423 g/mol. The summed E-state index contributed by atoms with van der Waals surface area (Å²) in [4.78, 5) is 2.01. The van der Waals surface area contributed by atoms with Crippen LogP contribution in [0, 0.1) is 0 Å². The molecule has 0 saturated carbocycles. The van der Waals surface area contributed by atoms with Crippen LogP contribution in [0.5, 0.6) is 5.75 Å². The number of hydrogen-bond acceptors (Lipinski definition) is 4. The van der Waals surface area contributed by atoms with Gasteiger partial charge in [0.2, 0.25) is 0 Å². The fraction of sp³-hybridized carbons (Fsp3) is 0.143. The summed E-state index contributed by atoms with van der Waals surface area (Å²) in [5, 5.41) is 2.99. The van der Waals surface area contributed by atoms with Gasteiger partial charge in [-0.1, -0.05) is 62.2 Å². The van der Waals surface area contributed by atoms with Crippen molar-refractivity contribution in [1.82, 2.24) is 5.32 Å². The Kier molecular flexibility index (Phi) is 5.78. The highest BCUT2D eigenvalue weighted by Crippen LogP contribution is 2.44. The molecule has 1 aliphatic carbocycles. The molecule has 3 N–H and O–H groups in total. The molecule has 0 bridgehead atoms. The van der Waals surface area contributed by atoms with E-state index in [2.05, 4.69) is 73.6 Å². The molecule has 4 rings (SSSR count). The third-order valence-corrected chi connectivity index (χ3v) is 6.02. The number of benzene rings is 2. The van der Waals surface area contributed by atoms with Gasteiger partial charge in [0, 0.05) is 54.3 Å². The maximum Gasteiger partial charge on any atom is 0.128 e. The first kappa shape index (κ1) is 21.3. The lowest BCUT2D eigenvalue weighted by Gasteiger charge is -2.21. The molecule has 1 heterocycles. The van der Waals surface area contributed by atoms with Crippen LogP contribution in [-0.4, -0.2) is 20.2 Å². The summed E-state index contributed by atoms with van der Waals surface area (Å²) < 4.78 is 6.10. The Morgan fingerprint density at radius 1 is 1.06 bits per heavy atom. The number of rotatable bonds is 7. The van der Waals surface area contributed by atoms with Crippen molar-refractivity contribution in [3.8, 4) is 16.9 Å². The standard InChI is InChI=1S/C28H29N3O/c1-18(20(3)30-4)19(2)25(29)17-31(5)26-12-8-6-10-22(26)21-14-15-28-24(16-21)23-11-7-9-13-27(23)32-28/h6-17,23,27,30H,1-3,29H2,4-5H3/b25-17+. The van der Waals surface area contributed by atoms with Gasteiger partial charge in [-0.25, -0.2) is 0 Å². The van der Waals surface area contributed by atoms with Gasteiger partial charge in [0.15, 0.2) is 0 Å². The van der Waals surface area contributed by atoms with E-state index in [0.29, 0.717) is 22.5 Å². The molecular weight excluding hydrogens is 394 g/mol. The van der Waals surface area contributed by atoms with E-state index >= 15 is 0 Å². The summed E-state index contributed by atoms with van der Waals surface area (Å²) in [7, 11) is 3.78. The molecule has 0 fully saturated rings. The van der Waals surface area contributed by atoms with Crippen LogP contribution in [0.3, 0.4) is 0 Å². The van der Waals surface area contributed by atoms with Gasteiger partial charge in [-0.3, -0.25) is 0 Å². The summed E-state index contributed by atoms with van der Waals surface area (Å²) >= 11 is 0. The summed E-state index contributed by atoms with van der Waals surface area (Å²) in [5.74, 6) is 1.21. The Labute approximate surface area is 190 Å². The van der Waals surface area contributed by atoms with E-state index < -0.39 is 0 Å². The highest BCUT2D eigenvalue weighted by molar-refractivity contribution is 5.80. The molecule has 2 unspecified atom stereocenters. The number of likely N-dealkylation sites (N-methyl/N-ethyl adjacent to an activating group) is 1. The molecule has 4 nitrogen and oxygen atoms in total. The quantitative estimate of drug-likeness (QED) is 0.585. The Morgan fingerprint density at radius 2 is 1.81 bits per heavy atom. The van der Waals surface area contributed by atoms with E-state index in [1.807, 2.05) is 36.4 Å². The molecule has 0 aromatic heterocycles. The average Bonchev–Trinajstić information content (AvgIpc) is 3.20. The van der Waals surface area contributed by atoms with E-state index in [-0.39, 0.29) is 12.0 Å². The summed E-state index contributed by atoms with van der Waals surface area (Å²) in [6, 6.07) is 14.7. The zero-order chi connectivity index (χ0) is 22.8. The number of fused-ring (bicyclic) bond motifs is 3. The predicted molar refractivity (Wildman–Crippen MR) is 134 cm³/mol. The number of anilines is 1. The van der Waals surface area contributed by atoms with Crippen molar-refractivity contribution in [3.63, 3.8) is 0 Å². The van der Waals surface area contributed by atoms with Crippen molar-refractivity contribution < 1.29 is 4.74 Å². The molecule has 0 radical (unpaired) electrons. The molecule has 1 aliphatic heterocycles. The lowest BCUT2D eigenvalue weighted by molar-refractivity contribution is 0.269. The molecule has 0 spiro atoms. The van der Waals surface area contributed by atoms with Crippen molar-refractivity contribution >= 4 is 5.69 Å². The highest BCUT2D eigenvalue weighted by Gasteiger charge is 2.32. The first-order valence-electron chi connectivity index (χ1n) is 10.6. The largest absolute Gasteiger partial charge is 0.485 e. The lowest BCUT2D eigenvalue weighted by atomic mass is 9.90. The number of allylic oxidation sites excluding steroid dienone is 4. The zero-order valence-corrected chi connectivity index (χ0v) is 18.6. The molecule has 2 aromatic rings. The van der Waals surface area contributed by atoms with Crippen LogP contribution < -0.4 is 20.7 Å². The number of hydrogen-bond donors (Lipinski definition) is 2. The molecular formula is C28H29N3O. The lowest BCUT2D eigenvalue weighted by Crippen LogP contribution is -2.16. The summed E-state index contributed by atoms with van der Waals surface area (Å²) in [6.45, 7) is 12.1. The molecule has 162 valence electrons. The van der Waals surface area contributed by atoms with Gasteiger partial charge in [-0.15, -0.1) is 0 Å². The zero-order valence-electron chi connectivity index (χ0n) is 18.6. The van der Waals surface area contributed by atoms with Crippen molar-refractivity contribution in [2.75, 3.05) is 19.0 Å². The Morgan fingerprint density at radius 3 is 2.59 bits per heavy atom. The van der Waals surface area contributed by atoms with Crippen LogP contribution in [0.4, 0.5) is 5.69 Å². The minimum atomic E-state index is 0.0809. The van der Waals surface area contributed by atoms with Crippen LogP contribution >= 0.6 is 0 Å². The molecule has 4 heteroatoms. The normalized spacial score (nSPS) is 18.4. The molecule has 2 aromatic carbocycles. The van der Waals surface area contributed by atoms with E-state index in [0.717, 1.165) is 22.6 Å². The number of para-hydroxylation sites is 1. The van der Waals surface area contributed by atoms with Gasteiger partial charge in [0.05, 0.1) is 5.70 Å². The van der Waals surface area contributed by atoms with Gasteiger partial charge in [0.1, 0.15) is 11.9 Å². The van der Waals surface area contributed by atoms with Crippen LogP contribution in [0.15, 0.2) is 115 Å². The van der Waals surface area contributed by atoms with Crippen molar-refractivity contribution in [1.29, 1.82) is 0 Å². The Balaban J connectivity index is 1.65. The number of nitrogens with one attached hydrogen (secondary N) is 1. The van der Waals surface area contributed by atoms with Crippen LogP contribution in [0.2, 0.25) is 0 Å². The first-order chi connectivity index (χ1) is 15.4. The maximum atomic E-state index is 6.34. The Bertz CT molecular complexity index is 1180. The smallest absolute Gasteiger partial charge is 0.128 e. The van der Waals surface area contributed by atoms with Gasteiger partial charge in [-0.2, -0.15) is 0 Å². The highest BCUT2D eigenvalue weighted by atomic mass is 16.5. The van der Waals surface area contributed by atoms with Crippen molar-refractivity contribution in [2.45, 2.75) is 12.0 Å². The van der Waals surface area contributed by atoms with Crippen LogP contribution in [-0.2, 0) is 0 Å². The third-order valence-electron chi connectivity index (χ3n) is 6.02. The van der Waals surface area contributed by atoms with Crippen molar-refractivity contribution in [3.05, 3.63) is 121 Å². The van der Waals surface area contributed by atoms with Crippen LogP contribution in [0.25, 0.3) is 11.1 Å². The second-order valence-corrected chi connectivity index (χ2v) is 8.03. The minimum absolute atomic E-state index is 0.0809. The van der Waals surface area contributed by atoms with Gasteiger partial charge >= 0.3 is 0 Å². The third kappa shape index (κ3) is 3.87. The second kappa shape index (κ2) is 8.67. The first-order valence-corrected chi connectivity index (χ1v) is 10.6. The average molecular weight is 424 g/mol. The molecule has 0 saturated heterocycles. The maximum absolute atomic E-state index is 6.34. The van der Waals surface area contributed by atoms with Gasteiger partial charge in [0.25, 0.3) is 0 Å². The topological polar surface area (TPSA) is 50.5 Å². The molecule has 2 aliphatic rings. The van der Waals surface area contributed by atoms with Gasteiger partial charge in [-0.05, 0) is 35.4 Å². The number of nitrogens with zero attached hydrogens (tertiary/aromatic N) is 1. The van der Waals surface area contributed by atoms with Crippen molar-refractivity contribution in [2.24, 2.45) is 5.73 Å². The molecule has 32 heavy (non-hydrogen) atoms. The fourth-order valence-corrected chi connectivity index (χ4v) is 4.10. The second-order valence-electron chi connectivity index (χ2n) is 8.03. The fourth-order valence-electron chi connectivity index (χ4n) is 4.10. The van der Waals surface area contributed by atoms with E-state index in [1.54, 1.807) is 7.05 Å². The van der Waals surface area contributed by atoms with Gasteiger partial charge < -0.3 is 20.7 Å². The van der Waals surface area contributed by atoms with E-state index in [1.165, 1.54) is 5.56 Å². The minimum Gasteiger partial charge on any atom is -0.485 e. The van der Waals surface area contributed by atoms with Crippen LogP contribution in [0.1, 0.15) is 11.5 Å².